The molecule has 0 bridgehead atoms. The van der Waals surface area contributed by atoms with Crippen molar-refractivity contribution in [2.24, 2.45) is 0 Å². The first-order valence-corrected chi connectivity index (χ1v) is 6.02. The van der Waals surface area contributed by atoms with E-state index in [-0.39, 0.29) is 6.10 Å². The number of hydrogen-bond donors (Lipinski definition) is 1. The van der Waals surface area contributed by atoms with Crippen molar-refractivity contribution in [2.45, 2.75) is 20.0 Å². The molecule has 1 aliphatic heterocycles. The van der Waals surface area contributed by atoms with Crippen LogP contribution in [0.25, 0.3) is 0 Å². The van der Waals surface area contributed by atoms with E-state index in [4.69, 9.17) is 4.74 Å². The van der Waals surface area contributed by atoms with Crippen molar-refractivity contribution < 1.29 is 4.74 Å². The fourth-order valence-electron chi connectivity index (χ4n) is 1.96. The van der Waals surface area contributed by atoms with E-state index < -0.39 is 0 Å². The molecule has 17 heavy (non-hydrogen) atoms. The molecular formula is C12H20N4O. The molecule has 1 atom stereocenters. The van der Waals surface area contributed by atoms with Gasteiger partial charge in [-0.3, -0.25) is 4.98 Å². The number of aromatic nitrogens is 2. The Morgan fingerprint density at radius 3 is 3.00 bits per heavy atom. The van der Waals surface area contributed by atoms with Gasteiger partial charge in [-0.05, 0) is 20.9 Å². The average molecular weight is 236 g/mol. The van der Waals surface area contributed by atoms with E-state index >= 15 is 0 Å². The summed E-state index contributed by atoms with van der Waals surface area (Å²) in [6.07, 6.45) is 2.08. The second-order valence-corrected chi connectivity index (χ2v) is 4.40. The van der Waals surface area contributed by atoms with Gasteiger partial charge >= 0.3 is 0 Å². The third-order valence-electron chi connectivity index (χ3n) is 3.07. The Kier molecular flexibility index (Phi) is 3.91. The van der Waals surface area contributed by atoms with Crippen LogP contribution in [0.5, 0.6) is 0 Å². The quantitative estimate of drug-likeness (QED) is 0.829. The lowest BCUT2D eigenvalue weighted by molar-refractivity contribution is 0.0419. The van der Waals surface area contributed by atoms with Crippen molar-refractivity contribution in [3.63, 3.8) is 0 Å². The first kappa shape index (κ1) is 12.3. The van der Waals surface area contributed by atoms with Crippen molar-refractivity contribution in [3.8, 4) is 0 Å². The van der Waals surface area contributed by atoms with Crippen LogP contribution in [0, 0.1) is 13.8 Å². The SMILES string of the molecule is CNCC1CN(c2cnc(C)c(C)n2)CCO1. The van der Waals surface area contributed by atoms with Crippen molar-refractivity contribution in [3.05, 3.63) is 17.6 Å². The van der Waals surface area contributed by atoms with E-state index in [1.165, 1.54) is 0 Å². The molecule has 0 aromatic carbocycles. The Balaban J connectivity index is 2.08. The number of rotatable bonds is 3. The molecule has 1 aromatic heterocycles. The zero-order chi connectivity index (χ0) is 12.3. The van der Waals surface area contributed by atoms with E-state index in [0.717, 1.165) is 43.4 Å². The number of anilines is 1. The van der Waals surface area contributed by atoms with Gasteiger partial charge in [-0.1, -0.05) is 0 Å². The van der Waals surface area contributed by atoms with Crippen LogP contribution in [0.3, 0.4) is 0 Å². The molecule has 5 heteroatoms. The number of ether oxygens (including phenoxy) is 1. The minimum absolute atomic E-state index is 0.233. The number of nitrogens with one attached hydrogen (secondary N) is 1. The summed E-state index contributed by atoms with van der Waals surface area (Å²) in [6, 6.07) is 0. The van der Waals surface area contributed by atoms with Gasteiger partial charge in [0.25, 0.3) is 0 Å². The van der Waals surface area contributed by atoms with E-state index in [0.29, 0.717) is 0 Å². The summed E-state index contributed by atoms with van der Waals surface area (Å²) >= 11 is 0. The summed E-state index contributed by atoms with van der Waals surface area (Å²) in [6.45, 7) is 7.36. The van der Waals surface area contributed by atoms with Crippen LogP contribution in [0.2, 0.25) is 0 Å². The van der Waals surface area contributed by atoms with Gasteiger partial charge in [0.2, 0.25) is 0 Å². The Hall–Kier alpha value is -1.20. The van der Waals surface area contributed by atoms with Gasteiger partial charge in [0.05, 0.1) is 30.3 Å². The first-order chi connectivity index (χ1) is 8.20. The van der Waals surface area contributed by atoms with Crippen LogP contribution in [0.15, 0.2) is 6.20 Å². The molecule has 0 spiro atoms. The average Bonchev–Trinajstić information content (AvgIpc) is 2.33. The smallest absolute Gasteiger partial charge is 0.147 e. The molecule has 0 aliphatic carbocycles. The molecule has 5 nitrogen and oxygen atoms in total. The highest BCUT2D eigenvalue weighted by molar-refractivity contribution is 5.38. The fraction of sp³-hybridized carbons (Fsp3) is 0.667. The minimum atomic E-state index is 0.233. The lowest BCUT2D eigenvalue weighted by Gasteiger charge is -2.33. The highest BCUT2D eigenvalue weighted by Crippen LogP contribution is 2.15. The molecule has 2 heterocycles. The van der Waals surface area contributed by atoms with Crippen molar-refractivity contribution in [2.75, 3.05) is 38.2 Å². The first-order valence-electron chi connectivity index (χ1n) is 6.02. The Labute approximate surface area is 102 Å². The number of hydrogen-bond acceptors (Lipinski definition) is 5. The normalized spacial score (nSPS) is 20.6. The van der Waals surface area contributed by atoms with Crippen LogP contribution < -0.4 is 10.2 Å². The number of nitrogens with zero attached hydrogens (tertiary/aromatic N) is 3. The maximum atomic E-state index is 5.67. The Morgan fingerprint density at radius 2 is 2.29 bits per heavy atom. The number of aryl methyl sites for hydroxylation is 2. The van der Waals surface area contributed by atoms with Crippen molar-refractivity contribution in [1.29, 1.82) is 0 Å². The van der Waals surface area contributed by atoms with Gasteiger partial charge < -0.3 is 15.0 Å². The summed E-state index contributed by atoms with van der Waals surface area (Å²) < 4.78 is 5.67. The maximum Gasteiger partial charge on any atom is 0.147 e. The topological polar surface area (TPSA) is 50.3 Å². The van der Waals surface area contributed by atoms with Crippen molar-refractivity contribution >= 4 is 5.82 Å². The third-order valence-corrected chi connectivity index (χ3v) is 3.07. The molecule has 2 rings (SSSR count). The van der Waals surface area contributed by atoms with E-state index in [1.54, 1.807) is 0 Å². The standard InChI is InChI=1S/C12H20N4O/c1-9-10(2)15-12(7-14-9)16-4-5-17-11(8-16)6-13-3/h7,11,13H,4-6,8H2,1-3H3. The molecule has 1 aliphatic rings. The lowest BCUT2D eigenvalue weighted by atomic mass is 10.2. The van der Waals surface area contributed by atoms with Crippen LogP contribution in [-0.4, -0.2) is 49.4 Å². The van der Waals surface area contributed by atoms with Crippen molar-refractivity contribution in [1.82, 2.24) is 15.3 Å². The summed E-state index contributed by atoms with van der Waals surface area (Å²) in [4.78, 5) is 11.2. The monoisotopic (exact) mass is 236 g/mol. The Bertz CT molecular complexity index is 381. The van der Waals surface area contributed by atoms with Gasteiger partial charge in [-0.2, -0.15) is 0 Å². The van der Waals surface area contributed by atoms with Gasteiger partial charge in [0.15, 0.2) is 0 Å². The molecule has 1 fully saturated rings. The molecule has 1 aromatic rings. The second-order valence-electron chi connectivity index (χ2n) is 4.40. The van der Waals surface area contributed by atoms with E-state index in [1.807, 2.05) is 27.1 Å². The highest BCUT2D eigenvalue weighted by atomic mass is 16.5. The molecule has 0 amide bonds. The minimum Gasteiger partial charge on any atom is -0.373 e. The maximum absolute atomic E-state index is 5.67. The van der Waals surface area contributed by atoms with Gasteiger partial charge in [0.1, 0.15) is 5.82 Å². The van der Waals surface area contributed by atoms with Crippen LogP contribution in [0.1, 0.15) is 11.4 Å². The fourth-order valence-corrected chi connectivity index (χ4v) is 1.96. The largest absolute Gasteiger partial charge is 0.373 e. The molecule has 94 valence electrons. The summed E-state index contributed by atoms with van der Waals surface area (Å²) in [5.74, 6) is 0.956. The molecular weight excluding hydrogens is 216 g/mol. The van der Waals surface area contributed by atoms with Gasteiger partial charge in [-0.25, -0.2) is 4.98 Å². The van der Waals surface area contributed by atoms with E-state index in [9.17, 15) is 0 Å². The summed E-state index contributed by atoms with van der Waals surface area (Å²) in [5.41, 5.74) is 1.99. The van der Waals surface area contributed by atoms with Crippen LogP contribution in [-0.2, 0) is 4.74 Å². The zero-order valence-corrected chi connectivity index (χ0v) is 10.7. The van der Waals surface area contributed by atoms with Gasteiger partial charge in [0, 0.05) is 19.6 Å². The molecule has 1 saturated heterocycles. The van der Waals surface area contributed by atoms with E-state index in [2.05, 4.69) is 20.2 Å². The molecule has 1 N–H and O–H groups in total. The lowest BCUT2D eigenvalue weighted by Crippen LogP contribution is -2.46. The van der Waals surface area contributed by atoms with Crippen LogP contribution in [0.4, 0.5) is 5.82 Å². The summed E-state index contributed by atoms with van der Waals surface area (Å²) in [5, 5.41) is 3.14. The predicted octanol–water partition coefficient (Wildman–Crippen LogP) is 0.518. The predicted molar refractivity (Wildman–Crippen MR) is 67.4 cm³/mol. The third kappa shape index (κ3) is 2.92. The Morgan fingerprint density at radius 1 is 1.47 bits per heavy atom. The number of morpholine rings is 1. The second kappa shape index (κ2) is 5.42. The highest BCUT2D eigenvalue weighted by Gasteiger charge is 2.21. The zero-order valence-electron chi connectivity index (χ0n) is 10.7. The molecule has 0 radical (unpaired) electrons. The molecule has 0 saturated carbocycles. The molecule has 1 unspecified atom stereocenters. The number of likely N-dealkylation sites (N-methyl/N-ethyl adjacent to an activating group) is 1. The van der Waals surface area contributed by atoms with Gasteiger partial charge in [-0.15, -0.1) is 0 Å². The van der Waals surface area contributed by atoms with Crippen LogP contribution >= 0.6 is 0 Å². The summed E-state index contributed by atoms with van der Waals surface area (Å²) in [7, 11) is 1.94.